The van der Waals surface area contributed by atoms with Gasteiger partial charge in [0.05, 0.1) is 12.6 Å². The van der Waals surface area contributed by atoms with E-state index in [0.717, 1.165) is 48.5 Å². The van der Waals surface area contributed by atoms with Gasteiger partial charge in [0, 0.05) is 48.5 Å². The van der Waals surface area contributed by atoms with Gasteiger partial charge in [0.2, 0.25) is 0 Å². The van der Waals surface area contributed by atoms with Gasteiger partial charge in [0.1, 0.15) is 55.9 Å². The Morgan fingerprint density at radius 3 is 1.51 bits per heavy atom. The molecule has 0 aliphatic carbocycles. The summed E-state index contributed by atoms with van der Waals surface area (Å²) in [6, 6.07) is 2.52. The van der Waals surface area contributed by atoms with E-state index in [1.54, 1.807) is 27.7 Å². The van der Waals surface area contributed by atoms with E-state index in [4.69, 9.17) is 71.1 Å². The third kappa shape index (κ3) is 13.0. The van der Waals surface area contributed by atoms with E-state index in [9.17, 15) is 33.6 Å². The van der Waals surface area contributed by atoms with Gasteiger partial charge in [-0.15, -0.1) is 0 Å². The van der Waals surface area contributed by atoms with Gasteiger partial charge in [-0.1, -0.05) is 0 Å². The first-order valence-electron chi connectivity index (χ1n) is 20.0. The summed E-state index contributed by atoms with van der Waals surface area (Å²) in [7, 11) is 0. The highest BCUT2D eigenvalue weighted by Crippen LogP contribution is 2.44. The normalized spacial score (nSPS) is 36.1. The second-order valence-electron chi connectivity index (χ2n) is 16.0. The van der Waals surface area contributed by atoms with Gasteiger partial charge in [-0.25, -0.2) is 4.99 Å². The Kier molecular flexibility index (Phi) is 16.0. The molecule has 5 aliphatic rings. The van der Waals surface area contributed by atoms with Gasteiger partial charge in [-0.2, -0.15) is 4.99 Å². The number of hydrogen-bond acceptors (Lipinski definition) is 24. The van der Waals surface area contributed by atoms with Crippen LogP contribution in [0.3, 0.4) is 0 Å². The summed E-state index contributed by atoms with van der Waals surface area (Å²) >= 11 is 0. The van der Waals surface area contributed by atoms with Crippen molar-refractivity contribution in [3.8, 4) is 0 Å². The van der Waals surface area contributed by atoms with Gasteiger partial charge >= 0.3 is 41.8 Å². The predicted octanol–water partition coefficient (Wildman–Crippen LogP) is 0.177. The minimum absolute atomic E-state index is 0.0963. The quantitative estimate of drug-likeness (QED) is 0.128. The van der Waals surface area contributed by atoms with Crippen molar-refractivity contribution in [2.45, 2.75) is 180 Å². The molecule has 0 bridgehead atoms. The molecule has 0 aromatic rings. The summed E-state index contributed by atoms with van der Waals surface area (Å²) in [4.78, 5) is 95.2. The van der Waals surface area contributed by atoms with Crippen LogP contribution in [0.4, 0.5) is 0 Å². The molecule has 0 radical (unpaired) electrons. The van der Waals surface area contributed by atoms with Crippen LogP contribution >= 0.6 is 0 Å². The van der Waals surface area contributed by atoms with Crippen LogP contribution in [0, 0.1) is 0 Å². The number of rotatable bonds is 14. The van der Waals surface area contributed by atoms with Crippen molar-refractivity contribution in [2.24, 2.45) is 9.98 Å². The van der Waals surface area contributed by atoms with Gasteiger partial charge in [-0.05, 0) is 27.7 Å². The highest BCUT2D eigenvalue weighted by Gasteiger charge is 2.61. The lowest BCUT2D eigenvalue weighted by atomic mass is 9.95. The zero-order chi connectivity index (χ0) is 46.6. The molecule has 0 unspecified atom stereocenters. The Bertz CT molecular complexity index is 1800. The fourth-order valence-corrected chi connectivity index (χ4v) is 7.66. The van der Waals surface area contributed by atoms with Crippen LogP contribution in [0.25, 0.3) is 0 Å². The Labute approximate surface area is 361 Å². The van der Waals surface area contributed by atoms with Gasteiger partial charge < -0.3 is 71.1 Å². The molecule has 5 saturated heterocycles. The lowest BCUT2D eigenvalue weighted by Crippen LogP contribution is -2.67. The van der Waals surface area contributed by atoms with Crippen molar-refractivity contribution in [2.75, 3.05) is 19.8 Å². The van der Waals surface area contributed by atoms with Crippen molar-refractivity contribution in [1.82, 2.24) is 0 Å². The lowest BCUT2D eigenvalue weighted by molar-refractivity contribution is -0.344. The average molecular weight is 903 g/mol. The molecule has 5 rings (SSSR count). The minimum atomic E-state index is -1.85. The number of carbonyl (C=O) groups excluding carboxylic acids is 7. The standard InChI is InChI=1S/C39H54N2O22/c1-16(42)49-13-24-27(59-36-33(55-22(7)48)30(53-20(5)46)26(51-18(3)44)25(58-36)14-50-17(2)43)29(52-19(4)45)32(54-21(6)47)35(56-24)41-15-40-12-23-28-31(61-38(8,9)60-28)34-37(57-23)63-39(10,11)62-34/h23-37H,12-14H2,1-11H3/t23-,24-,25-,26-,27-,28+,29+,30+,31+,32-,33-,34-,35-,36+,37-/m1/s1. The maximum absolute atomic E-state index is 12.8. The van der Waals surface area contributed by atoms with E-state index in [2.05, 4.69) is 16.0 Å². The third-order valence-electron chi connectivity index (χ3n) is 9.68. The van der Waals surface area contributed by atoms with Crippen molar-refractivity contribution < 1.29 is 105 Å². The fourth-order valence-electron chi connectivity index (χ4n) is 7.66. The molecule has 63 heavy (non-hydrogen) atoms. The van der Waals surface area contributed by atoms with Crippen LogP contribution in [0.5, 0.6) is 0 Å². The Morgan fingerprint density at radius 1 is 0.492 bits per heavy atom. The maximum atomic E-state index is 12.8. The highest BCUT2D eigenvalue weighted by atomic mass is 16.9. The predicted molar refractivity (Wildman–Crippen MR) is 200 cm³/mol. The number of aliphatic imine (C=N–C) groups is 2. The van der Waals surface area contributed by atoms with Crippen molar-refractivity contribution in [3.63, 3.8) is 0 Å². The molecule has 15 atom stereocenters. The second-order valence-corrected chi connectivity index (χ2v) is 16.0. The summed E-state index contributed by atoms with van der Waals surface area (Å²) in [5.74, 6) is -8.02. The molecule has 0 N–H and O–H groups in total. The first-order chi connectivity index (χ1) is 29.4. The zero-order valence-electron chi connectivity index (χ0n) is 36.7. The van der Waals surface area contributed by atoms with Gasteiger partial charge in [-0.3, -0.25) is 33.6 Å². The molecule has 0 aromatic carbocycles. The Morgan fingerprint density at radius 2 is 0.952 bits per heavy atom. The van der Waals surface area contributed by atoms with Crippen molar-refractivity contribution in [3.05, 3.63) is 0 Å². The molecule has 24 nitrogen and oxygen atoms in total. The summed E-state index contributed by atoms with van der Waals surface area (Å²) in [5.41, 5.74) is 0. The lowest BCUT2D eigenvalue weighted by Gasteiger charge is -2.48. The molecule has 0 saturated carbocycles. The number of ether oxygens (including phenoxy) is 15. The van der Waals surface area contributed by atoms with Gasteiger partial charge in [0.25, 0.3) is 0 Å². The molecule has 5 fully saturated rings. The molecule has 0 amide bonds. The number of hydrogen-bond donors (Lipinski definition) is 0. The Hall–Kier alpha value is -4.65. The molecule has 24 heteroatoms. The Balaban J connectivity index is 1.50. The second kappa shape index (κ2) is 20.5. The molecule has 5 aliphatic heterocycles. The van der Waals surface area contributed by atoms with Crippen molar-refractivity contribution in [1.29, 1.82) is 0 Å². The van der Waals surface area contributed by atoms with Crippen LogP contribution in [0.15, 0.2) is 9.98 Å². The first kappa shape index (κ1) is 49.4. The highest BCUT2D eigenvalue weighted by molar-refractivity contribution is 5.69. The van der Waals surface area contributed by atoms with E-state index in [0.29, 0.717) is 0 Å². The summed E-state index contributed by atoms with van der Waals surface area (Å²) < 4.78 is 87.4. The summed E-state index contributed by atoms with van der Waals surface area (Å²) in [6.07, 6.45) is -19.5. The van der Waals surface area contributed by atoms with Crippen LogP contribution in [-0.4, -0.2) is 171 Å². The van der Waals surface area contributed by atoms with Gasteiger partial charge in [0.15, 0.2) is 60.9 Å². The first-order valence-corrected chi connectivity index (χ1v) is 20.0. The van der Waals surface area contributed by atoms with Crippen LogP contribution < -0.4 is 0 Å². The molecule has 5 heterocycles. The number of fused-ring (bicyclic) bond motifs is 3. The molecular formula is C39H54N2O22. The van der Waals surface area contributed by atoms with Crippen LogP contribution in [0.1, 0.15) is 76.2 Å². The summed E-state index contributed by atoms with van der Waals surface area (Å²) in [5, 5.41) is 0. The summed E-state index contributed by atoms with van der Waals surface area (Å²) in [6.45, 7) is 13.1. The molecular weight excluding hydrogens is 848 g/mol. The largest absolute Gasteiger partial charge is 0.463 e. The average Bonchev–Trinajstić information content (AvgIpc) is 3.65. The fraction of sp³-hybridized carbons (Fsp3) is 0.795. The minimum Gasteiger partial charge on any atom is -0.463 e. The van der Waals surface area contributed by atoms with Crippen LogP contribution in [0.2, 0.25) is 0 Å². The third-order valence-corrected chi connectivity index (χ3v) is 9.68. The zero-order valence-corrected chi connectivity index (χ0v) is 36.7. The maximum Gasteiger partial charge on any atom is 0.303 e. The van der Waals surface area contributed by atoms with E-state index < -0.39 is 159 Å². The number of carbonyl (C=O) groups is 7. The van der Waals surface area contributed by atoms with Crippen LogP contribution in [-0.2, 0) is 105 Å². The SMILES string of the molecule is CC(=O)OC[C@H]1O[C@@H](N=C=NC[C@H]2O[C@@H]3OC(C)(C)O[C@@H]3[C@H]3OC(C)(C)O[C@H]32)[C@H](OC(C)=O)[C@@H](OC(C)=O)[C@@H]1O[C@@H]1O[C@H](COC(C)=O)[C@@H](OC(C)=O)[C@H](OC(C)=O)[C@H]1OC(C)=O. The molecule has 0 spiro atoms. The van der Waals surface area contributed by atoms with E-state index in [1.165, 1.54) is 0 Å². The molecule has 352 valence electrons. The smallest absolute Gasteiger partial charge is 0.303 e. The monoisotopic (exact) mass is 902 g/mol. The molecule has 0 aromatic heterocycles. The van der Waals surface area contributed by atoms with E-state index in [1.807, 2.05) is 0 Å². The number of esters is 7. The van der Waals surface area contributed by atoms with E-state index >= 15 is 0 Å². The van der Waals surface area contributed by atoms with E-state index in [-0.39, 0.29) is 6.54 Å². The topological polar surface area (TPSA) is 283 Å². The number of nitrogens with zero attached hydrogens (tertiary/aromatic N) is 2. The van der Waals surface area contributed by atoms with Crippen molar-refractivity contribution >= 4 is 47.8 Å².